The second-order valence-electron chi connectivity index (χ2n) is 7.33. The summed E-state index contributed by atoms with van der Waals surface area (Å²) in [6, 6.07) is 6.54. The lowest BCUT2D eigenvalue weighted by atomic mass is 9.59. The lowest BCUT2D eigenvalue weighted by molar-refractivity contribution is -0.0123. The summed E-state index contributed by atoms with van der Waals surface area (Å²) >= 11 is 0. The minimum absolute atomic E-state index is 0.183. The zero-order valence-electron chi connectivity index (χ0n) is 14.3. The number of phenolic OH excluding ortho intramolecular Hbond substituents is 1. The van der Waals surface area contributed by atoms with Crippen molar-refractivity contribution in [2.24, 2.45) is 5.92 Å². The fraction of sp³-hybridized carbons (Fsp3) is 0.684. The smallest absolute Gasteiger partial charge is 0.115 e. The lowest BCUT2D eigenvalue weighted by Gasteiger charge is -2.55. The van der Waals surface area contributed by atoms with Crippen LogP contribution in [-0.2, 0) is 16.6 Å². The summed E-state index contributed by atoms with van der Waals surface area (Å²) in [5.74, 6) is 1.00. The number of hydrogen-bond acceptors (Lipinski definition) is 3. The molecule has 122 valence electrons. The van der Waals surface area contributed by atoms with Gasteiger partial charge >= 0.3 is 0 Å². The fourth-order valence-corrected chi connectivity index (χ4v) is 4.55. The predicted molar refractivity (Wildman–Crippen MR) is 89.4 cm³/mol. The molecule has 0 spiro atoms. The van der Waals surface area contributed by atoms with Crippen LogP contribution < -0.4 is 0 Å². The molecule has 0 aromatic heterocycles. The van der Waals surface area contributed by atoms with Gasteiger partial charge in [0.05, 0.1) is 6.10 Å². The van der Waals surface area contributed by atoms with Gasteiger partial charge in [0.1, 0.15) is 5.75 Å². The first-order valence-corrected chi connectivity index (χ1v) is 8.58. The molecule has 22 heavy (non-hydrogen) atoms. The van der Waals surface area contributed by atoms with Crippen molar-refractivity contribution in [1.82, 2.24) is 4.90 Å². The third kappa shape index (κ3) is 2.44. The van der Waals surface area contributed by atoms with Crippen molar-refractivity contribution in [2.75, 3.05) is 20.2 Å². The van der Waals surface area contributed by atoms with Crippen LogP contribution in [0, 0.1) is 5.92 Å². The van der Waals surface area contributed by atoms with Gasteiger partial charge in [0.2, 0.25) is 0 Å². The maximum Gasteiger partial charge on any atom is 0.115 e. The Labute approximate surface area is 134 Å². The van der Waals surface area contributed by atoms with Gasteiger partial charge in [-0.15, -0.1) is 0 Å². The molecule has 3 heteroatoms. The SMILES string of the molecule is CC[C@H](CN1CC[C@]2(C)c3cc(O)ccc3C[C@@H]1[C@H]2C)OC. The maximum atomic E-state index is 9.89. The van der Waals surface area contributed by atoms with Crippen LogP contribution in [0.1, 0.15) is 44.7 Å². The molecule has 2 bridgehead atoms. The van der Waals surface area contributed by atoms with Gasteiger partial charge in [0.15, 0.2) is 0 Å². The summed E-state index contributed by atoms with van der Waals surface area (Å²) in [5, 5.41) is 9.89. The first-order chi connectivity index (χ1) is 10.5. The third-order valence-corrected chi connectivity index (χ3v) is 6.33. The zero-order chi connectivity index (χ0) is 15.9. The van der Waals surface area contributed by atoms with Gasteiger partial charge in [-0.05, 0) is 60.4 Å². The van der Waals surface area contributed by atoms with Crippen LogP contribution in [0.5, 0.6) is 5.75 Å². The molecule has 1 saturated heterocycles. The van der Waals surface area contributed by atoms with Gasteiger partial charge in [-0.1, -0.05) is 26.8 Å². The number of ether oxygens (including phenoxy) is 1. The van der Waals surface area contributed by atoms with Crippen molar-refractivity contribution in [3.05, 3.63) is 29.3 Å². The predicted octanol–water partition coefficient (Wildman–Crippen LogP) is 3.34. The Morgan fingerprint density at radius 2 is 2.23 bits per heavy atom. The fourth-order valence-electron chi connectivity index (χ4n) is 4.55. The largest absolute Gasteiger partial charge is 0.508 e. The number of likely N-dealkylation sites (tertiary alicyclic amines) is 1. The van der Waals surface area contributed by atoms with Crippen molar-refractivity contribution >= 4 is 0 Å². The molecule has 1 aromatic carbocycles. The van der Waals surface area contributed by atoms with Gasteiger partial charge in [-0.2, -0.15) is 0 Å². The molecule has 2 aliphatic rings. The number of fused-ring (bicyclic) bond motifs is 4. The first kappa shape index (κ1) is 15.8. The van der Waals surface area contributed by atoms with Crippen LogP contribution in [0.2, 0.25) is 0 Å². The highest BCUT2D eigenvalue weighted by atomic mass is 16.5. The summed E-state index contributed by atoms with van der Waals surface area (Å²) < 4.78 is 5.61. The van der Waals surface area contributed by atoms with E-state index < -0.39 is 0 Å². The molecule has 1 aliphatic carbocycles. The molecule has 0 amide bonds. The Morgan fingerprint density at radius 3 is 2.91 bits per heavy atom. The van der Waals surface area contributed by atoms with E-state index in [-0.39, 0.29) is 5.41 Å². The molecular formula is C19H29NO2. The number of methoxy groups -OCH3 is 1. The second-order valence-corrected chi connectivity index (χ2v) is 7.33. The molecule has 1 N–H and O–H groups in total. The number of benzene rings is 1. The molecule has 0 radical (unpaired) electrons. The van der Waals surface area contributed by atoms with E-state index in [0.717, 1.165) is 32.4 Å². The molecule has 1 aromatic rings. The van der Waals surface area contributed by atoms with Gasteiger partial charge in [0.25, 0.3) is 0 Å². The summed E-state index contributed by atoms with van der Waals surface area (Å²) in [5.41, 5.74) is 2.97. The van der Waals surface area contributed by atoms with Crippen LogP contribution in [0.4, 0.5) is 0 Å². The first-order valence-electron chi connectivity index (χ1n) is 8.58. The van der Waals surface area contributed by atoms with Gasteiger partial charge in [-0.3, -0.25) is 4.90 Å². The highest BCUT2D eigenvalue weighted by Crippen LogP contribution is 2.49. The monoisotopic (exact) mass is 303 g/mol. The zero-order valence-corrected chi connectivity index (χ0v) is 14.3. The van der Waals surface area contributed by atoms with Crippen LogP contribution in [0.3, 0.4) is 0 Å². The number of rotatable bonds is 4. The van der Waals surface area contributed by atoms with Gasteiger partial charge < -0.3 is 9.84 Å². The number of phenols is 1. The average Bonchev–Trinajstić information content (AvgIpc) is 2.51. The maximum absolute atomic E-state index is 9.89. The number of aromatic hydroxyl groups is 1. The van der Waals surface area contributed by atoms with Crippen molar-refractivity contribution in [3.8, 4) is 5.75 Å². The number of nitrogens with zero attached hydrogens (tertiary/aromatic N) is 1. The van der Waals surface area contributed by atoms with Crippen LogP contribution in [-0.4, -0.2) is 42.4 Å². The van der Waals surface area contributed by atoms with E-state index in [0.29, 0.717) is 23.8 Å². The number of piperidine rings is 1. The van der Waals surface area contributed by atoms with Gasteiger partial charge in [-0.25, -0.2) is 0 Å². The molecular weight excluding hydrogens is 274 g/mol. The van der Waals surface area contributed by atoms with E-state index in [2.05, 4.69) is 31.7 Å². The molecule has 0 unspecified atom stereocenters. The van der Waals surface area contributed by atoms with E-state index in [4.69, 9.17) is 4.74 Å². The standard InChI is InChI=1S/C19H29NO2/c1-5-16(22-4)12-20-9-8-19(3)13(2)18(20)10-14-6-7-15(21)11-17(14)19/h6-7,11,13,16,18,21H,5,8-10,12H2,1-4H3/t13-,16-,18-,19+/m1/s1. The van der Waals surface area contributed by atoms with E-state index in [1.165, 1.54) is 11.1 Å². The van der Waals surface area contributed by atoms with E-state index in [9.17, 15) is 5.11 Å². The third-order valence-electron chi connectivity index (χ3n) is 6.33. The van der Waals surface area contributed by atoms with E-state index in [1.807, 2.05) is 19.2 Å². The Hall–Kier alpha value is -1.06. The van der Waals surface area contributed by atoms with Gasteiger partial charge in [0, 0.05) is 19.7 Å². The topological polar surface area (TPSA) is 32.7 Å². The second kappa shape index (κ2) is 5.86. The van der Waals surface area contributed by atoms with E-state index >= 15 is 0 Å². The Morgan fingerprint density at radius 1 is 1.45 bits per heavy atom. The summed E-state index contributed by atoms with van der Waals surface area (Å²) in [7, 11) is 1.82. The lowest BCUT2D eigenvalue weighted by Crippen LogP contribution is -2.59. The number of hydrogen-bond donors (Lipinski definition) is 1. The summed E-state index contributed by atoms with van der Waals surface area (Å²) in [6.45, 7) is 9.13. The van der Waals surface area contributed by atoms with Crippen molar-refractivity contribution < 1.29 is 9.84 Å². The Kier molecular flexibility index (Phi) is 4.21. The van der Waals surface area contributed by atoms with Crippen LogP contribution in [0.25, 0.3) is 0 Å². The van der Waals surface area contributed by atoms with Crippen LogP contribution >= 0.6 is 0 Å². The molecule has 1 aliphatic heterocycles. The highest BCUT2D eigenvalue weighted by molar-refractivity contribution is 5.44. The normalized spacial score (nSPS) is 32.5. The molecule has 3 nitrogen and oxygen atoms in total. The summed E-state index contributed by atoms with van der Waals surface area (Å²) in [6.07, 6.45) is 3.64. The Bertz CT molecular complexity index is 540. The molecule has 1 heterocycles. The van der Waals surface area contributed by atoms with Crippen LogP contribution in [0.15, 0.2) is 18.2 Å². The van der Waals surface area contributed by atoms with E-state index in [1.54, 1.807) is 0 Å². The van der Waals surface area contributed by atoms with Crippen molar-refractivity contribution in [1.29, 1.82) is 0 Å². The highest BCUT2D eigenvalue weighted by Gasteiger charge is 2.48. The van der Waals surface area contributed by atoms with Crippen molar-refractivity contribution in [3.63, 3.8) is 0 Å². The minimum Gasteiger partial charge on any atom is -0.508 e. The molecule has 4 atom stereocenters. The average molecular weight is 303 g/mol. The quantitative estimate of drug-likeness (QED) is 0.926. The van der Waals surface area contributed by atoms with Crippen molar-refractivity contribution in [2.45, 2.75) is 57.6 Å². The minimum atomic E-state index is 0.183. The molecule has 1 fully saturated rings. The molecule has 0 saturated carbocycles. The molecule has 3 rings (SSSR count). The Balaban J connectivity index is 1.91. The summed E-state index contributed by atoms with van der Waals surface area (Å²) in [4.78, 5) is 2.64.